The van der Waals surface area contributed by atoms with Gasteiger partial charge in [0.05, 0.1) is 6.54 Å². The van der Waals surface area contributed by atoms with Gasteiger partial charge in [-0.05, 0) is 51.0 Å². The summed E-state index contributed by atoms with van der Waals surface area (Å²) in [5, 5.41) is 5.63. The lowest BCUT2D eigenvalue weighted by Crippen LogP contribution is -2.45. The molecule has 0 bridgehead atoms. The van der Waals surface area contributed by atoms with Crippen molar-refractivity contribution in [2.45, 2.75) is 26.7 Å². The molecule has 1 fully saturated rings. The van der Waals surface area contributed by atoms with E-state index in [4.69, 9.17) is 0 Å². The van der Waals surface area contributed by atoms with E-state index in [-0.39, 0.29) is 30.2 Å². The molecule has 0 saturated carbocycles. The fourth-order valence-corrected chi connectivity index (χ4v) is 3.63. The van der Waals surface area contributed by atoms with Crippen LogP contribution in [0.4, 0.5) is 5.69 Å². The monoisotopic (exact) mass is 393 g/mol. The molecule has 0 atom stereocenters. The number of aryl methyl sites for hydroxylation is 2. The van der Waals surface area contributed by atoms with E-state index in [9.17, 15) is 14.4 Å². The normalized spacial score (nSPS) is 14.3. The summed E-state index contributed by atoms with van der Waals surface area (Å²) in [6.45, 7) is 4.88. The number of benzene rings is 2. The van der Waals surface area contributed by atoms with Crippen molar-refractivity contribution in [2.24, 2.45) is 5.92 Å². The molecule has 1 aliphatic rings. The van der Waals surface area contributed by atoms with Gasteiger partial charge in [0.1, 0.15) is 0 Å². The van der Waals surface area contributed by atoms with E-state index in [1.807, 2.05) is 62.4 Å². The first kappa shape index (κ1) is 20.6. The third-order valence-electron chi connectivity index (χ3n) is 5.14. The Hall–Kier alpha value is -3.15. The number of nitrogens with zero attached hydrogens (tertiary/aromatic N) is 1. The molecular weight excluding hydrogens is 366 g/mol. The molecule has 1 saturated heterocycles. The number of para-hydroxylation sites is 1. The molecule has 0 radical (unpaired) electrons. The average molecular weight is 393 g/mol. The van der Waals surface area contributed by atoms with Gasteiger partial charge in [-0.2, -0.15) is 0 Å². The smallest absolute Gasteiger partial charge is 0.251 e. The molecule has 6 heteroatoms. The summed E-state index contributed by atoms with van der Waals surface area (Å²) >= 11 is 0. The summed E-state index contributed by atoms with van der Waals surface area (Å²) in [6, 6.07) is 15.0. The lowest BCUT2D eigenvalue weighted by atomic mass is 9.95. The molecule has 152 valence electrons. The summed E-state index contributed by atoms with van der Waals surface area (Å²) in [4.78, 5) is 38.9. The highest BCUT2D eigenvalue weighted by molar-refractivity contribution is 5.97. The molecule has 3 amide bonds. The summed E-state index contributed by atoms with van der Waals surface area (Å²) in [5.41, 5.74) is 3.37. The van der Waals surface area contributed by atoms with Crippen molar-refractivity contribution in [2.75, 3.05) is 25.0 Å². The summed E-state index contributed by atoms with van der Waals surface area (Å²) < 4.78 is 0. The quantitative estimate of drug-likeness (QED) is 0.820. The summed E-state index contributed by atoms with van der Waals surface area (Å²) in [7, 11) is 0. The summed E-state index contributed by atoms with van der Waals surface area (Å²) in [5.74, 6) is -0.484. The lowest BCUT2D eigenvalue weighted by Gasteiger charge is -2.31. The van der Waals surface area contributed by atoms with Crippen LogP contribution >= 0.6 is 0 Å². The maximum Gasteiger partial charge on any atom is 0.251 e. The van der Waals surface area contributed by atoms with Crippen LogP contribution in [0.1, 0.15) is 34.3 Å². The largest absolute Gasteiger partial charge is 0.343 e. The van der Waals surface area contributed by atoms with Crippen LogP contribution in [0.15, 0.2) is 48.5 Å². The fraction of sp³-hybridized carbons (Fsp3) is 0.348. The van der Waals surface area contributed by atoms with Gasteiger partial charge in [-0.3, -0.25) is 14.4 Å². The predicted octanol–water partition coefficient (Wildman–Crippen LogP) is 2.91. The zero-order valence-corrected chi connectivity index (χ0v) is 16.9. The fourth-order valence-electron chi connectivity index (χ4n) is 3.63. The second-order valence-corrected chi connectivity index (χ2v) is 7.57. The van der Waals surface area contributed by atoms with Crippen LogP contribution in [0.5, 0.6) is 0 Å². The number of likely N-dealkylation sites (tertiary alicyclic amines) is 1. The Balaban J connectivity index is 1.45. The van der Waals surface area contributed by atoms with E-state index in [2.05, 4.69) is 10.6 Å². The number of carbonyl (C=O) groups excluding carboxylic acids is 3. The number of hydrogen-bond acceptors (Lipinski definition) is 3. The van der Waals surface area contributed by atoms with Gasteiger partial charge in [0.2, 0.25) is 11.8 Å². The Morgan fingerprint density at radius 2 is 1.59 bits per heavy atom. The average Bonchev–Trinajstić information content (AvgIpc) is 2.72. The van der Waals surface area contributed by atoms with Crippen LogP contribution in [0, 0.1) is 19.8 Å². The first-order valence-corrected chi connectivity index (χ1v) is 9.92. The Kier molecular flexibility index (Phi) is 6.65. The molecule has 1 aliphatic heterocycles. The van der Waals surface area contributed by atoms with Crippen molar-refractivity contribution < 1.29 is 14.4 Å². The molecule has 3 rings (SSSR count). The van der Waals surface area contributed by atoms with Crippen molar-refractivity contribution in [3.8, 4) is 0 Å². The highest BCUT2D eigenvalue weighted by Crippen LogP contribution is 2.19. The van der Waals surface area contributed by atoms with Gasteiger partial charge in [-0.25, -0.2) is 0 Å². The minimum atomic E-state index is -0.248. The molecule has 1 heterocycles. The van der Waals surface area contributed by atoms with E-state index in [1.165, 1.54) is 0 Å². The van der Waals surface area contributed by atoms with Gasteiger partial charge >= 0.3 is 0 Å². The van der Waals surface area contributed by atoms with E-state index in [0.717, 1.165) is 16.8 Å². The van der Waals surface area contributed by atoms with Crippen LogP contribution in [-0.4, -0.2) is 42.3 Å². The highest BCUT2D eigenvalue weighted by atomic mass is 16.2. The molecule has 2 aromatic carbocycles. The number of anilines is 1. The first-order chi connectivity index (χ1) is 13.9. The maximum atomic E-state index is 12.4. The number of hydrogen-bond donors (Lipinski definition) is 2. The van der Waals surface area contributed by atoms with E-state index in [0.29, 0.717) is 31.5 Å². The second kappa shape index (κ2) is 9.37. The van der Waals surface area contributed by atoms with Crippen LogP contribution in [0.2, 0.25) is 0 Å². The minimum absolute atomic E-state index is 0.00795. The number of carbonyl (C=O) groups is 3. The van der Waals surface area contributed by atoms with Crippen LogP contribution in [0.25, 0.3) is 0 Å². The second-order valence-electron chi connectivity index (χ2n) is 7.57. The van der Waals surface area contributed by atoms with Gasteiger partial charge < -0.3 is 15.5 Å². The number of rotatable bonds is 5. The highest BCUT2D eigenvalue weighted by Gasteiger charge is 2.27. The Morgan fingerprint density at radius 1 is 0.966 bits per heavy atom. The molecule has 29 heavy (non-hydrogen) atoms. The van der Waals surface area contributed by atoms with Gasteiger partial charge in [-0.1, -0.05) is 35.4 Å². The van der Waals surface area contributed by atoms with E-state index < -0.39 is 0 Å². The van der Waals surface area contributed by atoms with Crippen molar-refractivity contribution in [3.63, 3.8) is 0 Å². The molecule has 0 aromatic heterocycles. The topological polar surface area (TPSA) is 78.5 Å². The minimum Gasteiger partial charge on any atom is -0.343 e. The zero-order valence-electron chi connectivity index (χ0n) is 16.9. The third-order valence-corrected chi connectivity index (χ3v) is 5.14. The number of amides is 3. The Labute approximate surface area is 171 Å². The third kappa shape index (κ3) is 5.67. The van der Waals surface area contributed by atoms with Gasteiger partial charge in [0.15, 0.2) is 0 Å². The van der Waals surface area contributed by atoms with Crippen LogP contribution in [-0.2, 0) is 9.59 Å². The van der Waals surface area contributed by atoms with Crippen molar-refractivity contribution in [1.82, 2.24) is 10.2 Å². The zero-order chi connectivity index (χ0) is 20.8. The molecule has 0 spiro atoms. The number of piperidine rings is 1. The molecule has 2 aromatic rings. The van der Waals surface area contributed by atoms with Crippen LogP contribution < -0.4 is 10.6 Å². The molecule has 0 unspecified atom stereocenters. The van der Waals surface area contributed by atoms with Crippen molar-refractivity contribution in [3.05, 3.63) is 65.2 Å². The Morgan fingerprint density at radius 3 is 2.21 bits per heavy atom. The predicted molar refractivity (Wildman–Crippen MR) is 113 cm³/mol. The number of nitrogens with one attached hydrogen (secondary N) is 2. The standard InChI is InChI=1S/C23H27N3O3/c1-16-12-17(2)14-19(13-16)22(28)24-15-21(27)26-10-8-18(9-11-26)23(29)25-20-6-4-3-5-7-20/h3-7,12-14,18H,8-11,15H2,1-2H3,(H,24,28)(H,25,29). The van der Waals surface area contributed by atoms with E-state index >= 15 is 0 Å². The lowest BCUT2D eigenvalue weighted by molar-refractivity contribution is -0.133. The first-order valence-electron chi connectivity index (χ1n) is 9.92. The van der Waals surface area contributed by atoms with Crippen molar-refractivity contribution >= 4 is 23.4 Å². The van der Waals surface area contributed by atoms with Crippen molar-refractivity contribution in [1.29, 1.82) is 0 Å². The summed E-state index contributed by atoms with van der Waals surface area (Å²) in [6.07, 6.45) is 1.24. The van der Waals surface area contributed by atoms with Gasteiger partial charge in [0, 0.05) is 30.3 Å². The molecule has 6 nitrogen and oxygen atoms in total. The van der Waals surface area contributed by atoms with E-state index in [1.54, 1.807) is 4.90 Å². The maximum absolute atomic E-state index is 12.4. The SMILES string of the molecule is Cc1cc(C)cc(C(=O)NCC(=O)N2CCC(C(=O)Nc3ccccc3)CC2)c1. The molecular formula is C23H27N3O3. The van der Waals surface area contributed by atoms with Gasteiger partial charge in [0.25, 0.3) is 5.91 Å². The molecule has 0 aliphatic carbocycles. The van der Waals surface area contributed by atoms with Gasteiger partial charge in [-0.15, -0.1) is 0 Å². The Bertz CT molecular complexity index is 867. The van der Waals surface area contributed by atoms with Crippen LogP contribution in [0.3, 0.4) is 0 Å². The molecule has 2 N–H and O–H groups in total.